The summed E-state index contributed by atoms with van der Waals surface area (Å²) in [5.74, 6) is 1.83. The number of ether oxygens (including phenoxy) is 1. The lowest BCUT2D eigenvalue weighted by atomic mass is 10.2. The molecule has 1 aliphatic heterocycles. The highest BCUT2D eigenvalue weighted by Gasteiger charge is 2.14. The zero-order chi connectivity index (χ0) is 8.81. The van der Waals surface area contributed by atoms with Crippen molar-refractivity contribution in [1.82, 2.24) is 0 Å². The van der Waals surface area contributed by atoms with Gasteiger partial charge < -0.3 is 10.5 Å². The van der Waals surface area contributed by atoms with E-state index in [2.05, 4.69) is 6.92 Å². The molecule has 3 heteroatoms. The van der Waals surface area contributed by atoms with E-state index in [0.29, 0.717) is 5.92 Å². The normalized spacial score (nSPS) is 27.0. The van der Waals surface area contributed by atoms with Crippen molar-refractivity contribution in [2.24, 2.45) is 11.7 Å². The van der Waals surface area contributed by atoms with E-state index in [-0.39, 0.29) is 0 Å². The fraction of sp³-hybridized carbons (Fsp3) is 1.00. The molecule has 0 aliphatic carbocycles. The maximum atomic E-state index is 5.54. The van der Waals surface area contributed by atoms with Gasteiger partial charge >= 0.3 is 0 Å². The summed E-state index contributed by atoms with van der Waals surface area (Å²) >= 11 is 2.03. The van der Waals surface area contributed by atoms with E-state index >= 15 is 0 Å². The minimum Gasteiger partial charge on any atom is -0.380 e. The molecule has 72 valence electrons. The molecule has 2 atom stereocenters. The van der Waals surface area contributed by atoms with Crippen LogP contribution in [0.1, 0.15) is 19.8 Å². The highest BCUT2D eigenvalue weighted by molar-refractivity contribution is 7.99. The highest BCUT2D eigenvalue weighted by atomic mass is 32.2. The van der Waals surface area contributed by atoms with Gasteiger partial charge in [0.2, 0.25) is 0 Å². The summed E-state index contributed by atoms with van der Waals surface area (Å²) in [6.45, 7) is 4.92. The lowest BCUT2D eigenvalue weighted by molar-refractivity contribution is 0.101. The van der Waals surface area contributed by atoms with E-state index in [0.717, 1.165) is 25.0 Å². The van der Waals surface area contributed by atoms with Gasteiger partial charge in [0.1, 0.15) is 0 Å². The summed E-state index contributed by atoms with van der Waals surface area (Å²) in [7, 11) is 0. The van der Waals surface area contributed by atoms with Gasteiger partial charge in [-0.2, -0.15) is 11.8 Å². The third kappa shape index (κ3) is 3.78. The summed E-state index contributed by atoms with van der Waals surface area (Å²) in [6, 6.07) is 0. The van der Waals surface area contributed by atoms with Crippen molar-refractivity contribution in [2.75, 3.05) is 25.5 Å². The third-order valence-electron chi connectivity index (χ3n) is 2.14. The van der Waals surface area contributed by atoms with E-state index in [1.807, 2.05) is 11.8 Å². The molecule has 2 N–H and O–H groups in total. The molecule has 0 amide bonds. The van der Waals surface area contributed by atoms with Gasteiger partial charge in [-0.1, -0.05) is 6.92 Å². The SMILES string of the molecule is CC(CN)CSC1CCCOC1. The molecule has 2 nitrogen and oxygen atoms in total. The molecular formula is C9H19NOS. The molecule has 1 aliphatic rings. The first-order chi connectivity index (χ1) is 5.83. The van der Waals surface area contributed by atoms with Crippen LogP contribution in [0.25, 0.3) is 0 Å². The average molecular weight is 189 g/mol. The van der Waals surface area contributed by atoms with Crippen molar-refractivity contribution in [3.8, 4) is 0 Å². The van der Waals surface area contributed by atoms with Crippen LogP contribution >= 0.6 is 11.8 Å². The standard InChI is InChI=1S/C9H19NOS/c1-8(5-10)7-12-9-3-2-4-11-6-9/h8-9H,2-7,10H2,1H3. The molecule has 12 heavy (non-hydrogen) atoms. The zero-order valence-corrected chi connectivity index (χ0v) is 8.61. The lowest BCUT2D eigenvalue weighted by Gasteiger charge is -2.22. The summed E-state index contributed by atoms with van der Waals surface area (Å²) in [5.41, 5.74) is 5.54. The Morgan fingerprint density at radius 3 is 3.08 bits per heavy atom. The van der Waals surface area contributed by atoms with E-state index in [9.17, 15) is 0 Å². The maximum absolute atomic E-state index is 5.54. The maximum Gasteiger partial charge on any atom is 0.0585 e. The largest absolute Gasteiger partial charge is 0.380 e. The van der Waals surface area contributed by atoms with E-state index < -0.39 is 0 Å². The predicted octanol–water partition coefficient (Wildman–Crippen LogP) is 1.49. The molecule has 0 radical (unpaired) electrons. The van der Waals surface area contributed by atoms with Crippen LogP contribution in [-0.2, 0) is 4.74 Å². The Morgan fingerprint density at radius 1 is 1.67 bits per heavy atom. The van der Waals surface area contributed by atoms with Crippen molar-refractivity contribution < 1.29 is 4.74 Å². The second-order valence-electron chi connectivity index (χ2n) is 3.51. The van der Waals surface area contributed by atoms with Crippen LogP contribution < -0.4 is 5.73 Å². The molecule has 1 rings (SSSR count). The average Bonchev–Trinajstić information content (AvgIpc) is 2.16. The Labute approximate surface area is 79.2 Å². The van der Waals surface area contributed by atoms with Crippen molar-refractivity contribution in [3.05, 3.63) is 0 Å². The zero-order valence-electron chi connectivity index (χ0n) is 7.79. The molecule has 0 saturated carbocycles. The molecule has 0 aromatic carbocycles. The highest BCUT2D eigenvalue weighted by Crippen LogP contribution is 2.22. The van der Waals surface area contributed by atoms with Crippen LogP contribution in [-0.4, -0.2) is 30.8 Å². The Morgan fingerprint density at radius 2 is 2.50 bits per heavy atom. The van der Waals surface area contributed by atoms with Gasteiger partial charge in [0.15, 0.2) is 0 Å². The van der Waals surface area contributed by atoms with Crippen molar-refractivity contribution in [3.63, 3.8) is 0 Å². The molecule has 0 bridgehead atoms. The van der Waals surface area contributed by atoms with Gasteiger partial charge in [-0.05, 0) is 31.1 Å². The number of thioether (sulfide) groups is 1. The van der Waals surface area contributed by atoms with Crippen LogP contribution in [0.2, 0.25) is 0 Å². The molecule has 0 spiro atoms. The monoisotopic (exact) mass is 189 g/mol. The van der Waals surface area contributed by atoms with E-state index in [1.165, 1.54) is 18.6 Å². The first kappa shape index (κ1) is 10.4. The van der Waals surface area contributed by atoms with Crippen molar-refractivity contribution in [1.29, 1.82) is 0 Å². The van der Waals surface area contributed by atoms with Crippen molar-refractivity contribution >= 4 is 11.8 Å². The Bertz CT molecular complexity index is 115. The van der Waals surface area contributed by atoms with Gasteiger partial charge in [-0.25, -0.2) is 0 Å². The minimum atomic E-state index is 0.650. The van der Waals surface area contributed by atoms with Crippen LogP contribution in [0, 0.1) is 5.92 Å². The van der Waals surface area contributed by atoms with E-state index in [4.69, 9.17) is 10.5 Å². The van der Waals surface area contributed by atoms with Crippen LogP contribution in [0.15, 0.2) is 0 Å². The fourth-order valence-electron chi connectivity index (χ4n) is 1.21. The summed E-state index contributed by atoms with van der Waals surface area (Å²) < 4.78 is 5.40. The van der Waals surface area contributed by atoms with Crippen LogP contribution in [0.5, 0.6) is 0 Å². The van der Waals surface area contributed by atoms with Gasteiger partial charge in [-0.15, -0.1) is 0 Å². The van der Waals surface area contributed by atoms with E-state index in [1.54, 1.807) is 0 Å². The number of hydrogen-bond donors (Lipinski definition) is 1. The molecular weight excluding hydrogens is 170 g/mol. The molecule has 0 aromatic rings. The summed E-state index contributed by atoms with van der Waals surface area (Å²) in [4.78, 5) is 0. The third-order valence-corrected chi connectivity index (χ3v) is 3.74. The molecule has 0 aromatic heterocycles. The number of nitrogens with two attached hydrogens (primary N) is 1. The van der Waals surface area contributed by atoms with Gasteiger partial charge in [0.25, 0.3) is 0 Å². The summed E-state index contributed by atoms with van der Waals surface area (Å²) in [6.07, 6.45) is 2.55. The second kappa shape index (κ2) is 5.84. The number of rotatable bonds is 4. The smallest absolute Gasteiger partial charge is 0.0585 e. The Kier molecular flexibility index (Phi) is 5.04. The molecule has 2 unspecified atom stereocenters. The fourth-order valence-corrected chi connectivity index (χ4v) is 2.47. The van der Waals surface area contributed by atoms with Crippen LogP contribution in [0.4, 0.5) is 0 Å². The second-order valence-corrected chi connectivity index (χ2v) is 4.85. The molecule has 1 fully saturated rings. The molecule has 1 saturated heterocycles. The molecule has 1 heterocycles. The number of hydrogen-bond acceptors (Lipinski definition) is 3. The van der Waals surface area contributed by atoms with Gasteiger partial charge in [0, 0.05) is 11.9 Å². The minimum absolute atomic E-state index is 0.650. The van der Waals surface area contributed by atoms with Crippen LogP contribution in [0.3, 0.4) is 0 Å². The first-order valence-electron chi connectivity index (χ1n) is 4.72. The Hall–Kier alpha value is 0.270. The van der Waals surface area contributed by atoms with Gasteiger partial charge in [0.05, 0.1) is 6.61 Å². The van der Waals surface area contributed by atoms with Gasteiger partial charge in [-0.3, -0.25) is 0 Å². The quantitative estimate of drug-likeness (QED) is 0.728. The lowest BCUT2D eigenvalue weighted by Crippen LogP contribution is -2.22. The predicted molar refractivity (Wildman–Crippen MR) is 54.5 cm³/mol. The summed E-state index contributed by atoms with van der Waals surface area (Å²) in [5, 5.41) is 0.729. The topological polar surface area (TPSA) is 35.2 Å². The Balaban J connectivity index is 2.05. The first-order valence-corrected chi connectivity index (χ1v) is 5.77. The van der Waals surface area contributed by atoms with Crippen molar-refractivity contribution in [2.45, 2.75) is 25.0 Å².